The van der Waals surface area contributed by atoms with E-state index in [9.17, 15) is 9.59 Å². The van der Waals surface area contributed by atoms with Crippen LogP contribution < -0.4 is 9.47 Å². The summed E-state index contributed by atoms with van der Waals surface area (Å²) in [6.07, 6.45) is 2.10. The predicted octanol–water partition coefficient (Wildman–Crippen LogP) is 4.25. The molecule has 1 unspecified atom stereocenters. The zero-order valence-corrected chi connectivity index (χ0v) is 17.3. The molecule has 31 heavy (non-hydrogen) atoms. The molecule has 0 spiro atoms. The number of furan rings is 1. The van der Waals surface area contributed by atoms with E-state index in [1.165, 1.54) is 11.9 Å². The van der Waals surface area contributed by atoms with Gasteiger partial charge in [0.2, 0.25) is 0 Å². The van der Waals surface area contributed by atoms with E-state index in [-0.39, 0.29) is 24.3 Å². The zero-order chi connectivity index (χ0) is 21.8. The largest absolute Gasteiger partial charge is 0.497 e. The second-order valence-electron chi connectivity index (χ2n) is 7.12. The third kappa shape index (κ3) is 4.50. The zero-order valence-electron chi connectivity index (χ0n) is 17.3. The van der Waals surface area contributed by atoms with E-state index >= 15 is 0 Å². The van der Waals surface area contributed by atoms with Crippen molar-refractivity contribution in [2.75, 3.05) is 13.7 Å². The van der Waals surface area contributed by atoms with E-state index in [1.54, 1.807) is 43.7 Å². The lowest BCUT2D eigenvalue weighted by Crippen LogP contribution is -2.31. The fraction of sp³-hybridized carbons (Fsp3) is 0.208. The van der Waals surface area contributed by atoms with Gasteiger partial charge in [0.15, 0.2) is 12.4 Å². The van der Waals surface area contributed by atoms with Crippen molar-refractivity contribution in [3.63, 3.8) is 0 Å². The normalized spacial score (nSPS) is 15.5. The summed E-state index contributed by atoms with van der Waals surface area (Å²) >= 11 is 0. The molecule has 2 heterocycles. The van der Waals surface area contributed by atoms with Gasteiger partial charge in [-0.25, -0.2) is 5.01 Å². The third-order valence-corrected chi connectivity index (χ3v) is 5.06. The minimum atomic E-state index is -0.355. The van der Waals surface area contributed by atoms with E-state index in [0.29, 0.717) is 23.5 Å². The van der Waals surface area contributed by atoms with Crippen LogP contribution in [0.3, 0.4) is 0 Å². The van der Waals surface area contributed by atoms with Crippen LogP contribution in [0.2, 0.25) is 0 Å². The molecule has 0 saturated heterocycles. The molecule has 7 heteroatoms. The highest BCUT2D eigenvalue weighted by atomic mass is 16.5. The quantitative estimate of drug-likeness (QED) is 0.536. The Hall–Kier alpha value is -3.87. The van der Waals surface area contributed by atoms with Gasteiger partial charge in [0.05, 0.1) is 19.1 Å². The monoisotopic (exact) mass is 418 g/mol. The average molecular weight is 418 g/mol. The molecule has 1 aliphatic rings. The summed E-state index contributed by atoms with van der Waals surface area (Å²) in [6.45, 7) is 1.27. The number of carbonyl (C=O) groups excluding carboxylic acids is 2. The number of rotatable bonds is 7. The molecular weight excluding hydrogens is 396 g/mol. The van der Waals surface area contributed by atoms with Gasteiger partial charge in [-0.1, -0.05) is 12.1 Å². The smallest absolute Gasteiger partial charge is 0.281 e. The summed E-state index contributed by atoms with van der Waals surface area (Å²) in [4.78, 5) is 24.5. The SMILES string of the molecule is COc1ccc(C2=NN(C(=O)COc3cccc(C(C)=O)c3)C(c3ccco3)C2)cc1. The van der Waals surface area contributed by atoms with Crippen LogP contribution in [-0.2, 0) is 4.79 Å². The second-order valence-corrected chi connectivity index (χ2v) is 7.12. The molecule has 0 bridgehead atoms. The van der Waals surface area contributed by atoms with Gasteiger partial charge in [-0.3, -0.25) is 9.59 Å². The van der Waals surface area contributed by atoms with Gasteiger partial charge in [0.25, 0.3) is 5.91 Å². The Morgan fingerprint density at radius 1 is 1.10 bits per heavy atom. The van der Waals surface area contributed by atoms with Crippen molar-refractivity contribution in [2.45, 2.75) is 19.4 Å². The first-order valence-corrected chi connectivity index (χ1v) is 9.86. The number of amides is 1. The Balaban J connectivity index is 1.53. The maximum atomic E-state index is 13.0. The minimum absolute atomic E-state index is 0.0667. The summed E-state index contributed by atoms with van der Waals surface area (Å²) in [6, 6.07) is 17.5. The van der Waals surface area contributed by atoms with E-state index in [0.717, 1.165) is 17.0 Å². The van der Waals surface area contributed by atoms with Gasteiger partial charge in [0.1, 0.15) is 23.3 Å². The number of Topliss-reactive ketones (excluding diaryl/α,β-unsaturated/α-hetero) is 1. The van der Waals surface area contributed by atoms with Crippen molar-refractivity contribution >= 4 is 17.4 Å². The predicted molar refractivity (Wildman–Crippen MR) is 114 cm³/mol. The highest BCUT2D eigenvalue weighted by molar-refractivity contribution is 6.03. The van der Waals surface area contributed by atoms with E-state index in [2.05, 4.69) is 5.10 Å². The molecule has 0 fully saturated rings. The molecule has 3 aromatic rings. The number of ketones is 1. The third-order valence-electron chi connectivity index (χ3n) is 5.06. The summed E-state index contributed by atoms with van der Waals surface area (Å²) in [7, 11) is 1.61. The highest BCUT2D eigenvalue weighted by Gasteiger charge is 2.35. The van der Waals surface area contributed by atoms with Gasteiger partial charge >= 0.3 is 0 Å². The molecule has 1 amide bonds. The fourth-order valence-corrected chi connectivity index (χ4v) is 3.42. The van der Waals surface area contributed by atoms with Crippen LogP contribution >= 0.6 is 0 Å². The van der Waals surface area contributed by atoms with E-state index in [4.69, 9.17) is 13.9 Å². The van der Waals surface area contributed by atoms with E-state index < -0.39 is 0 Å². The van der Waals surface area contributed by atoms with Crippen LogP contribution in [0.1, 0.15) is 41.1 Å². The number of hydrazone groups is 1. The number of carbonyl (C=O) groups is 2. The van der Waals surface area contributed by atoms with Gasteiger partial charge in [-0.2, -0.15) is 5.10 Å². The average Bonchev–Trinajstić information content (AvgIpc) is 3.48. The molecule has 0 saturated carbocycles. The van der Waals surface area contributed by atoms with Crippen molar-refractivity contribution in [1.82, 2.24) is 5.01 Å². The lowest BCUT2D eigenvalue weighted by molar-refractivity contribution is -0.135. The molecule has 7 nitrogen and oxygen atoms in total. The standard InChI is InChI=1S/C24H22N2O5/c1-16(27)18-5-3-6-20(13-18)31-15-24(28)26-22(23-7-4-12-30-23)14-21(25-26)17-8-10-19(29-2)11-9-17/h3-13,22H,14-15H2,1-2H3. The van der Waals surface area contributed by atoms with Crippen molar-refractivity contribution in [3.8, 4) is 11.5 Å². The van der Waals surface area contributed by atoms with Crippen LogP contribution in [-0.4, -0.2) is 36.1 Å². The van der Waals surface area contributed by atoms with Crippen molar-refractivity contribution in [3.05, 3.63) is 83.8 Å². The second kappa shape index (κ2) is 8.87. The molecule has 0 radical (unpaired) electrons. The number of hydrogen-bond donors (Lipinski definition) is 0. The summed E-state index contributed by atoms with van der Waals surface area (Å²) < 4.78 is 16.4. The fourth-order valence-electron chi connectivity index (χ4n) is 3.42. The highest BCUT2D eigenvalue weighted by Crippen LogP contribution is 2.33. The first kappa shape index (κ1) is 20.4. The Labute approximate surface area is 179 Å². The maximum Gasteiger partial charge on any atom is 0.281 e. The first-order chi connectivity index (χ1) is 15.0. The topological polar surface area (TPSA) is 81.3 Å². The molecule has 1 atom stereocenters. The van der Waals surface area contributed by atoms with Crippen LogP contribution in [0, 0.1) is 0 Å². The number of benzene rings is 2. The summed E-state index contributed by atoms with van der Waals surface area (Å²) in [5.41, 5.74) is 2.21. The Kier molecular flexibility index (Phi) is 5.84. The van der Waals surface area contributed by atoms with E-state index in [1.807, 2.05) is 30.3 Å². The number of methoxy groups -OCH3 is 1. The maximum absolute atomic E-state index is 13.0. The van der Waals surface area contributed by atoms with Crippen LogP contribution in [0.25, 0.3) is 0 Å². The molecule has 0 N–H and O–H groups in total. The molecule has 4 rings (SSSR count). The number of nitrogens with zero attached hydrogens (tertiary/aromatic N) is 2. The van der Waals surface area contributed by atoms with Gasteiger partial charge < -0.3 is 13.9 Å². The molecule has 1 aromatic heterocycles. The Morgan fingerprint density at radius 2 is 1.90 bits per heavy atom. The molecular formula is C24H22N2O5. The van der Waals surface area contributed by atoms with Crippen molar-refractivity contribution < 1.29 is 23.5 Å². The molecule has 158 valence electrons. The first-order valence-electron chi connectivity index (χ1n) is 9.86. The van der Waals surface area contributed by atoms with Crippen molar-refractivity contribution in [2.24, 2.45) is 5.10 Å². The van der Waals surface area contributed by atoms with Crippen LogP contribution in [0.4, 0.5) is 0 Å². The van der Waals surface area contributed by atoms with Gasteiger partial charge in [-0.05, 0) is 61.0 Å². The minimum Gasteiger partial charge on any atom is -0.497 e. The molecule has 2 aromatic carbocycles. The van der Waals surface area contributed by atoms with Gasteiger partial charge in [-0.15, -0.1) is 0 Å². The van der Waals surface area contributed by atoms with Gasteiger partial charge in [0, 0.05) is 12.0 Å². The number of ether oxygens (including phenoxy) is 2. The van der Waals surface area contributed by atoms with Crippen LogP contribution in [0.15, 0.2) is 76.4 Å². The summed E-state index contributed by atoms with van der Waals surface area (Å²) in [5, 5.41) is 5.98. The number of hydrogen-bond acceptors (Lipinski definition) is 6. The molecule has 1 aliphatic heterocycles. The Morgan fingerprint density at radius 3 is 2.58 bits per heavy atom. The lowest BCUT2D eigenvalue weighted by Gasteiger charge is -2.20. The lowest BCUT2D eigenvalue weighted by atomic mass is 10.0. The van der Waals surface area contributed by atoms with Crippen LogP contribution in [0.5, 0.6) is 11.5 Å². The summed E-state index contributed by atoms with van der Waals surface area (Å²) in [5.74, 6) is 1.48. The van der Waals surface area contributed by atoms with Crippen molar-refractivity contribution in [1.29, 1.82) is 0 Å². The molecule has 0 aliphatic carbocycles. The Bertz CT molecular complexity index is 1100.